The van der Waals surface area contributed by atoms with Crippen molar-refractivity contribution in [3.8, 4) is 0 Å². The molecule has 0 saturated carbocycles. The molecule has 3 aliphatic heterocycles. The third-order valence-corrected chi connectivity index (χ3v) is 8.86. The Balaban J connectivity index is 1.83. The van der Waals surface area contributed by atoms with Crippen LogP contribution in [-0.4, -0.2) is 50.8 Å². The average molecular weight is 470 g/mol. The summed E-state index contributed by atoms with van der Waals surface area (Å²) in [5, 5.41) is 3.59. The van der Waals surface area contributed by atoms with Gasteiger partial charge in [-0.05, 0) is 24.7 Å². The van der Waals surface area contributed by atoms with Crippen LogP contribution in [0, 0.1) is 0 Å². The molecular formula is C23H20ClN3O2S2. The summed E-state index contributed by atoms with van der Waals surface area (Å²) in [6.45, 7) is 4.56. The Labute approximate surface area is 195 Å². The number of nitrogens with zero attached hydrogens (tertiary/aromatic N) is 2. The van der Waals surface area contributed by atoms with E-state index in [1.165, 1.54) is 11.8 Å². The Bertz CT molecular complexity index is 1160. The van der Waals surface area contributed by atoms with Gasteiger partial charge in [-0.15, -0.1) is 6.58 Å². The molecule has 2 amide bonds. The van der Waals surface area contributed by atoms with E-state index in [1.807, 2.05) is 60.5 Å². The molecule has 2 saturated heterocycles. The van der Waals surface area contributed by atoms with Crippen molar-refractivity contribution in [1.82, 2.24) is 9.80 Å². The molecule has 3 atom stereocenters. The van der Waals surface area contributed by atoms with Gasteiger partial charge in [0.1, 0.15) is 9.07 Å². The van der Waals surface area contributed by atoms with E-state index in [9.17, 15) is 9.59 Å². The van der Waals surface area contributed by atoms with Crippen LogP contribution in [0.4, 0.5) is 5.69 Å². The highest BCUT2D eigenvalue weighted by Crippen LogP contribution is 2.66. The Morgan fingerprint density at radius 1 is 1.26 bits per heavy atom. The third kappa shape index (κ3) is 2.46. The maximum Gasteiger partial charge on any atom is 0.251 e. The van der Waals surface area contributed by atoms with Crippen LogP contribution in [0.3, 0.4) is 0 Å². The Morgan fingerprint density at radius 2 is 1.97 bits per heavy atom. The molecule has 2 aromatic carbocycles. The maximum atomic E-state index is 14.2. The maximum absolute atomic E-state index is 14.2. The molecule has 2 spiro atoms. The normalized spacial score (nSPS) is 29.8. The second-order valence-corrected chi connectivity index (χ2v) is 10.3. The topological polar surface area (TPSA) is 52.7 Å². The van der Waals surface area contributed by atoms with E-state index in [1.54, 1.807) is 11.0 Å². The number of carbonyl (C=O) groups is 2. The van der Waals surface area contributed by atoms with Gasteiger partial charge in [0.25, 0.3) is 5.91 Å². The van der Waals surface area contributed by atoms with Gasteiger partial charge in [-0.2, -0.15) is 0 Å². The second kappa shape index (κ2) is 7.17. The van der Waals surface area contributed by atoms with Gasteiger partial charge in [-0.3, -0.25) is 19.4 Å². The van der Waals surface area contributed by atoms with Crippen molar-refractivity contribution in [2.24, 2.45) is 0 Å². The van der Waals surface area contributed by atoms with Crippen molar-refractivity contribution in [2.45, 2.75) is 16.2 Å². The number of rotatable bonds is 3. The molecule has 3 heterocycles. The van der Waals surface area contributed by atoms with Crippen molar-refractivity contribution < 1.29 is 9.59 Å². The number of carbonyl (C=O) groups excluding carboxylic acids is 2. The molecule has 0 aliphatic carbocycles. The lowest BCUT2D eigenvalue weighted by atomic mass is 9.72. The van der Waals surface area contributed by atoms with E-state index in [0.717, 1.165) is 16.8 Å². The average Bonchev–Trinajstić information content (AvgIpc) is 3.29. The van der Waals surface area contributed by atoms with Crippen molar-refractivity contribution in [3.05, 3.63) is 77.3 Å². The Hall–Kier alpha value is -2.19. The van der Waals surface area contributed by atoms with Crippen LogP contribution in [-0.2, 0) is 15.1 Å². The standard InChI is InChI=1S/C23H20ClN3O2S2/c1-3-12-27-20(29)23(31-21(27)30)16(14-8-4-6-10-17(14)24)13-26(2)22(23)15-9-5-7-11-18(15)25-19(22)28/h3-11,16H,1,12-13H2,2H3,(H,25,28). The van der Waals surface area contributed by atoms with E-state index < -0.39 is 10.3 Å². The van der Waals surface area contributed by atoms with Gasteiger partial charge in [0.05, 0.1) is 0 Å². The number of amides is 2. The fourth-order valence-corrected chi connectivity index (χ4v) is 7.81. The Morgan fingerprint density at radius 3 is 2.71 bits per heavy atom. The number of halogens is 1. The summed E-state index contributed by atoms with van der Waals surface area (Å²) in [4.78, 5) is 31.5. The van der Waals surface area contributed by atoms with Gasteiger partial charge in [0, 0.05) is 35.3 Å². The number of para-hydroxylation sites is 1. The first-order valence-corrected chi connectivity index (χ1v) is 11.5. The molecule has 3 unspecified atom stereocenters. The molecule has 8 heteroatoms. The number of benzene rings is 2. The molecular weight excluding hydrogens is 450 g/mol. The minimum atomic E-state index is -1.21. The summed E-state index contributed by atoms with van der Waals surface area (Å²) in [6, 6.07) is 15.1. The smallest absolute Gasteiger partial charge is 0.251 e. The van der Waals surface area contributed by atoms with Crippen molar-refractivity contribution in [2.75, 3.05) is 25.5 Å². The van der Waals surface area contributed by atoms with Crippen molar-refractivity contribution >= 4 is 57.4 Å². The lowest BCUT2D eigenvalue weighted by molar-refractivity contribution is -0.137. The highest BCUT2D eigenvalue weighted by molar-refractivity contribution is 8.25. The quantitative estimate of drug-likeness (QED) is 0.544. The highest BCUT2D eigenvalue weighted by atomic mass is 35.5. The lowest BCUT2D eigenvalue weighted by Crippen LogP contribution is -2.61. The number of fused-ring (bicyclic) bond motifs is 3. The SMILES string of the molecule is C=CCN1C(=O)C2(SC1=S)C(c1ccccc1Cl)CN(C)C21C(=O)Nc2ccccc21. The Kier molecular flexibility index (Phi) is 4.79. The predicted octanol–water partition coefficient (Wildman–Crippen LogP) is 4.00. The first-order valence-electron chi connectivity index (χ1n) is 9.92. The monoisotopic (exact) mass is 469 g/mol. The minimum absolute atomic E-state index is 0.177. The number of anilines is 1. The zero-order valence-corrected chi connectivity index (χ0v) is 19.2. The third-order valence-electron chi connectivity index (χ3n) is 6.57. The minimum Gasteiger partial charge on any atom is -0.324 e. The molecule has 0 aromatic heterocycles. The van der Waals surface area contributed by atoms with Crippen LogP contribution in [0.25, 0.3) is 0 Å². The van der Waals surface area contributed by atoms with E-state index in [2.05, 4.69) is 11.9 Å². The van der Waals surface area contributed by atoms with Crippen LogP contribution in [0.2, 0.25) is 5.02 Å². The van der Waals surface area contributed by atoms with Crippen molar-refractivity contribution in [3.63, 3.8) is 0 Å². The molecule has 2 fully saturated rings. The zero-order chi connectivity index (χ0) is 22.0. The number of likely N-dealkylation sites (tertiary alicyclic amines) is 1. The van der Waals surface area contributed by atoms with E-state index >= 15 is 0 Å². The number of likely N-dealkylation sites (N-methyl/N-ethyl adjacent to an activating group) is 1. The van der Waals surface area contributed by atoms with Crippen LogP contribution in [0.5, 0.6) is 0 Å². The van der Waals surface area contributed by atoms with E-state index in [-0.39, 0.29) is 17.7 Å². The van der Waals surface area contributed by atoms with Crippen LogP contribution in [0.15, 0.2) is 61.2 Å². The van der Waals surface area contributed by atoms with Crippen LogP contribution >= 0.6 is 35.6 Å². The van der Waals surface area contributed by atoms with Gasteiger partial charge in [-0.25, -0.2) is 0 Å². The summed E-state index contributed by atoms with van der Waals surface area (Å²) < 4.78 is -0.738. The van der Waals surface area contributed by atoms with Gasteiger partial charge in [0.2, 0.25) is 5.91 Å². The summed E-state index contributed by atoms with van der Waals surface area (Å²) in [5.41, 5.74) is 1.14. The fourth-order valence-electron chi connectivity index (χ4n) is 5.40. The number of nitrogens with one attached hydrogen (secondary N) is 1. The molecule has 5 nitrogen and oxygen atoms in total. The molecule has 5 rings (SSSR count). The van der Waals surface area contributed by atoms with Gasteiger partial charge in [0.15, 0.2) is 5.54 Å². The van der Waals surface area contributed by atoms with E-state index in [4.69, 9.17) is 23.8 Å². The molecule has 3 aliphatic rings. The molecule has 158 valence electrons. The fraction of sp³-hybridized carbons (Fsp3) is 0.261. The lowest BCUT2D eigenvalue weighted by Gasteiger charge is -2.41. The van der Waals surface area contributed by atoms with Gasteiger partial charge in [-0.1, -0.05) is 78.1 Å². The van der Waals surface area contributed by atoms with E-state index in [0.29, 0.717) is 22.4 Å². The number of hydrogen-bond donors (Lipinski definition) is 1. The molecule has 0 bridgehead atoms. The molecule has 2 aromatic rings. The highest BCUT2D eigenvalue weighted by Gasteiger charge is 2.77. The van der Waals surface area contributed by atoms with Gasteiger partial charge >= 0.3 is 0 Å². The largest absolute Gasteiger partial charge is 0.324 e. The van der Waals surface area contributed by atoms with Crippen LogP contribution in [0.1, 0.15) is 17.0 Å². The predicted molar refractivity (Wildman–Crippen MR) is 128 cm³/mol. The zero-order valence-electron chi connectivity index (χ0n) is 16.8. The first-order chi connectivity index (χ1) is 14.9. The molecule has 31 heavy (non-hydrogen) atoms. The molecule has 0 radical (unpaired) electrons. The van der Waals surface area contributed by atoms with Crippen molar-refractivity contribution in [1.29, 1.82) is 0 Å². The first kappa shape index (κ1) is 20.7. The second-order valence-electron chi connectivity index (χ2n) is 7.97. The number of thioether (sulfide) groups is 1. The van der Waals surface area contributed by atoms with Gasteiger partial charge < -0.3 is 5.32 Å². The van der Waals surface area contributed by atoms with Crippen LogP contribution < -0.4 is 5.32 Å². The summed E-state index contributed by atoms with van der Waals surface area (Å²) >= 11 is 13.6. The summed E-state index contributed by atoms with van der Waals surface area (Å²) in [6.07, 6.45) is 1.66. The number of thiocarbonyl (C=S) groups is 1. The number of hydrogen-bond acceptors (Lipinski definition) is 5. The molecule has 1 N–H and O–H groups in total. The summed E-state index contributed by atoms with van der Waals surface area (Å²) in [5.74, 6) is -0.730. The summed E-state index contributed by atoms with van der Waals surface area (Å²) in [7, 11) is 1.90.